The van der Waals surface area contributed by atoms with Crippen molar-refractivity contribution in [3.05, 3.63) is 28.7 Å². The number of nitrogens with zero attached hydrogens (tertiary/aromatic N) is 2. The molecule has 0 aliphatic carbocycles. The Bertz CT molecular complexity index is 746. The first-order valence-corrected chi connectivity index (χ1v) is 6.84. The van der Waals surface area contributed by atoms with E-state index in [2.05, 4.69) is 0 Å². The van der Waals surface area contributed by atoms with Crippen LogP contribution in [0.2, 0.25) is 0 Å². The molecule has 0 spiro atoms. The maximum Gasteiger partial charge on any atom is 0.420 e. The Kier molecular flexibility index (Phi) is 3.21. The molecule has 21 heavy (non-hydrogen) atoms. The highest BCUT2D eigenvalue weighted by Crippen LogP contribution is 2.26. The van der Waals surface area contributed by atoms with E-state index in [1.807, 2.05) is 13.8 Å². The third-order valence-electron chi connectivity index (χ3n) is 3.56. The third kappa shape index (κ3) is 2.19. The van der Waals surface area contributed by atoms with Gasteiger partial charge in [0.1, 0.15) is 6.10 Å². The number of nitrogens with two attached hydrogens (primary N) is 1. The van der Waals surface area contributed by atoms with E-state index in [1.54, 1.807) is 22.8 Å². The van der Waals surface area contributed by atoms with Crippen LogP contribution < -0.4 is 16.4 Å². The molecule has 1 aliphatic rings. The molecule has 1 saturated heterocycles. The molecular formula is C14H17N3O4. The van der Waals surface area contributed by atoms with Crippen molar-refractivity contribution < 1.29 is 13.9 Å². The van der Waals surface area contributed by atoms with Crippen LogP contribution >= 0.6 is 0 Å². The lowest BCUT2D eigenvalue weighted by molar-refractivity contribution is 0.145. The summed E-state index contributed by atoms with van der Waals surface area (Å²) in [5.74, 6) is -0.402. The fourth-order valence-electron chi connectivity index (χ4n) is 2.54. The molecule has 0 saturated carbocycles. The zero-order chi connectivity index (χ0) is 15.1. The number of amides is 1. The molecule has 1 unspecified atom stereocenters. The first-order chi connectivity index (χ1) is 10.0. The van der Waals surface area contributed by atoms with E-state index in [1.165, 1.54) is 4.90 Å². The van der Waals surface area contributed by atoms with Crippen LogP contribution in [0.15, 0.2) is 27.4 Å². The van der Waals surface area contributed by atoms with Crippen LogP contribution in [0.5, 0.6) is 0 Å². The molecule has 1 aliphatic heterocycles. The lowest BCUT2D eigenvalue weighted by Crippen LogP contribution is -2.27. The Balaban J connectivity index is 2.03. The summed E-state index contributed by atoms with van der Waals surface area (Å²) in [5.41, 5.74) is 7.31. The number of benzene rings is 1. The predicted molar refractivity (Wildman–Crippen MR) is 77.5 cm³/mol. The van der Waals surface area contributed by atoms with Gasteiger partial charge in [0.2, 0.25) is 0 Å². The average molecular weight is 291 g/mol. The van der Waals surface area contributed by atoms with Gasteiger partial charge in [-0.15, -0.1) is 0 Å². The highest BCUT2D eigenvalue weighted by Gasteiger charge is 2.31. The summed E-state index contributed by atoms with van der Waals surface area (Å²) in [5, 5.41) is 0. The summed E-state index contributed by atoms with van der Waals surface area (Å²) < 4.78 is 11.9. The lowest BCUT2D eigenvalue weighted by Gasteiger charge is -2.13. The number of carbonyl (C=O) groups excluding carboxylic acids is 1. The number of fused-ring (bicyclic) bond motifs is 1. The Morgan fingerprint density at radius 2 is 2.14 bits per heavy atom. The molecular weight excluding hydrogens is 274 g/mol. The molecule has 1 aromatic heterocycles. The fraction of sp³-hybridized carbons (Fsp3) is 0.429. The van der Waals surface area contributed by atoms with Gasteiger partial charge in [-0.2, -0.15) is 0 Å². The van der Waals surface area contributed by atoms with Gasteiger partial charge in [-0.05, 0) is 26.0 Å². The molecule has 1 atom stereocenters. The van der Waals surface area contributed by atoms with E-state index in [-0.39, 0.29) is 18.7 Å². The van der Waals surface area contributed by atoms with Crippen molar-refractivity contribution in [2.24, 2.45) is 5.73 Å². The van der Waals surface area contributed by atoms with Gasteiger partial charge in [0.25, 0.3) is 0 Å². The number of ether oxygens (including phenoxy) is 1. The van der Waals surface area contributed by atoms with E-state index >= 15 is 0 Å². The highest BCUT2D eigenvalue weighted by atomic mass is 16.6. The van der Waals surface area contributed by atoms with Crippen molar-refractivity contribution in [2.45, 2.75) is 26.0 Å². The topological polar surface area (TPSA) is 90.7 Å². The fourth-order valence-corrected chi connectivity index (χ4v) is 2.54. The average Bonchev–Trinajstić information content (AvgIpc) is 2.96. The molecule has 7 nitrogen and oxygen atoms in total. The Morgan fingerprint density at radius 1 is 1.38 bits per heavy atom. The van der Waals surface area contributed by atoms with Crippen molar-refractivity contribution in [1.29, 1.82) is 0 Å². The molecule has 1 amide bonds. The van der Waals surface area contributed by atoms with E-state index in [0.717, 1.165) is 0 Å². The molecule has 2 heterocycles. The first-order valence-electron chi connectivity index (χ1n) is 6.84. The summed E-state index contributed by atoms with van der Waals surface area (Å²) in [6, 6.07) is 5.23. The Labute approximate surface area is 120 Å². The second-order valence-electron chi connectivity index (χ2n) is 5.34. The van der Waals surface area contributed by atoms with Crippen molar-refractivity contribution in [3.63, 3.8) is 0 Å². The number of cyclic esters (lactones) is 1. The number of anilines is 1. The minimum Gasteiger partial charge on any atom is -0.443 e. The third-order valence-corrected chi connectivity index (χ3v) is 3.56. The maximum absolute atomic E-state index is 11.8. The summed E-state index contributed by atoms with van der Waals surface area (Å²) in [7, 11) is 0. The highest BCUT2D eigenvalue weighted by molar-refractivity contribution is 5.92. The number of oxazole rings is 1. The summed E-state index contributed by atoms with van der Waals surface area (Å²) in [4.78, 5) is 25.2. The molecule has 2 N–H and O–H groups in total. The predicted octanol–water partition coefficient (Wildman–Crippen LogP) is 1.46. The number of hydrogen-bond donors (Lipinski definition) is 1. The van der Waals surface area contributed by atoms with Crippen LogP contribution in [-0.2, 0) is 4.74 Å². The lowest BCUT2D eigenvalue weighted by atomic mass is 10.2. The number of hydrogen-bond acceptors (Lipinski definition) is 5. The second-order valence-corrected chi connectivity index (χ2v) is 5.34. The van der Waals surface area contributed by atoms with Crippen LogP contribution in [-0.4, -0.2) is 29.9 Å². The molecule has 2 aromatic rings. The standard InChI is InChI=1S/C14H17N3O4/c1-8(2)17-11-4-3-9(5-12(11)21-14(17)19)16-7-10(6-15)20-13(16)18/h3-5,8,10H,6-7,15H2,1-2H3. The Morgan fingerprint density at radius 3 is 2.76 bits per heavy atom. The van der Waals surface area contributed by atoms with E-state index < -0.39 is 11.8 Å². The van der Waals surface area contributed by atoms with Crippen LogP contribution in [0.3, 0.4) is 0 Å². The Hall–Kier alpha value is -2.28. The summed E-state index contributed by atoms with van der Waals surface area (Å²) in [6.07, 6.45) is -0.740. The summed E-state index contributed by atoms with van der Waals surface area (Å²) in [6.45, 7) is 4.50. The molecule has 1 fully saturated rings. The first kappa shape index (κ1) is 13.7. The molecule has 0 bridgehead atoms. The second kappa shape index (κ2) is 4.92. The largest absolute Gasteiger partial charge is 0.443 e. The molecule has 1 aromatic carbocycles. The van der Waals surface area contributed by atoms with Gasteiger partial charge in [0, 0.05) is 18.7 Å². The smallest absolute Gasteiger partial charge is 0.420 e. The van der Waals surface area contributed by atoms with Crippen LogP contribution in [0.1, 0.15) is 19.9 Å². The van der Waals surface area contributed by atoms with Gasteiger partial charge >= 0.3 is 11.8 Å². The van der Waals surface area contributed by atoms with E-state index in [0.29, 0.717) is 23.3 Å². The normalized spacial score (nSPS) is 18.8. The molecule has 0 radical (unpaired) electrons. The SMILES string of the molecule is CC(C)n1c(=O)oc2cc(N3CC(CN)OC3=O)ccc21. The minimum absolute atomic E-state index is 0.00275. The number of aromatic nitrogens is 1. The monoisotopic (exact) mass is 291 g/mol. The van der Waals surface area contributed by atoms with Gasteiger partial charge in [-0.25, -0.2) is 9.59 Å². The van der Waals surface area contributed by atoms with Crippen molar-refractivity contribution >= 4 is 22.9 Å². The van der Waals surface area contributed by atoms with Gasteiger partial charge in [0.05, 0.1) is 17.7 Å². The molecule has 112 valence electrons. The van der Waals surface area contributed by atoms with Gasteiger partial charge in [-0.3, -0.25) is 9.47 Å². The molecule has 3 rings (SSSR count). The van der Waals surface area contributed by atoms with Crippen molar-refractivity contribution in [3.8, 4) is 0 Å². The van der Waals surface area contributed by atoms with E-state index in [9.17, 15) is 9.59 Å². The van der Waals surface area contributed by atoms with Gasteiger partial charge in [-0.1, -0.05) is 0 Å². The van der Waals surface area contributed by atoms with E-state index in [4.69, 9.17) is 14.9 Å². The van der Waals surface area contributed by atoms with Crippen molar-refractivity contribution in [1.82, 2.24) is 4.57 Å². The zero-order valence-corrected chi connectivity index (χ0v) is 11.9. The maximum atomic E-state index is 11.8. The van der Waals surface area contributed by atoms with Crippen LogP contribution in [0.4, 0.5) is 10.5 Å². The minimum atomic E-state index is -0.435. The number of carbonyl (C=O) groups is 1. The van der Waals surface area contributed by atoms with Crippen molar-refractivity contribution in [2.75, 3.05) is 18.0 Å². The van der Waals surface area contributed by atoms with Gasteiger partial charge < -0.3 is 14.9 Å². The molecule has 7 heteroatoms. The van der Waals surface area contributed by atoms with Gasteiger partial charge in [0.15, 0.2) is 5.58 Å². The quantitative estimate of drug-likeness (QED) is 0.924. The number of rotatable bonds is 3. The summed E-state index contributed by atoms with van der Waals surface area (Å²) >= 11 is 0. The zero-order valence-electron chi connectivity index (χ0n) is 11.9. The van der Waals surface area contributed by atoms with Crippen LogP contribution in [0.25, 0.3) is 11.1 Å². The van der Waals surface area contributed by atoms with Crippen LogP contribution in [0, 0.1) is 0 Å².